The zero-order valence-corrected chi connectivity index (χ0v) is 15.3. The van der Waals surface area contributed by atoms with Crippen LogP contribution in [0, 0.1) is 17.7 Å². The van der Waals surface area contributed by atoms with Gasteiger partial charge in [-0.1, -0.05) is 12.3 Å². The van der Waals surface area contributed by atoms with Crippen molar-refractivity contribution in [3.63, 3.8) is 0 Å². The van der Waals surface area contributed by atoms with Gasteiger partial charge in [-0.05, 0) is 23.2 Å². The summed E-state index contributed by atoms with van der Waals surface area (Å²) < 4.78 is 33.1. The predicted octanol–water partition coefficient (Wildman–Crippen LogP) is 4.09. The van der Waals surface area contributed by atoms with Crippen molar-refractivity contribution in [1.82, 2.24) is 4.90 Å². The second kappa shape index (κ2) is 7.52. The van der Waals surface area contributed by atoms with Gasteiger partial charge in [0.15, 0.2) is 0 Å². The maximum absolute atomic E-state index is 14.1. The van der Waals surface area contributed by atoms with Crippen LogP contribution in [0.2, 0.25) is 0 Å². The van der Waals surface area contributed by atoms with E-state index in [9.17, 15) is 8.78 Å². The molecule has 1 aromatic rings. The minimum Gasteiger partial charge on any atom is -0.497 e. The molecule has 0 unspecified atom stereocenters. The van der Waals surface area contributed by atoms with Crippen LogP contribution in [0.5, 0.6) is 5.75 Å². The summed E-state index contributed by atoms with van der Waals surface area (Å²) in [5.41, 5.74) is 0.575. The van der Waals surface area contributed by atoms with Crippen molar-refractivity contribution in [2.45, 2.75) is 6.92 Å². The molecule has 0 atom stereocenters. The van der Waals surface area contributed by atoms with Crippen LogP contribution in [-0.2, 0) is 32.7 Å². The molecule has 0 fully saturated rings. The van der Waals surface area contributed by atoms with Gasteiger partial charge in [0.25, 0.3) is 0 Å². The van der Waals surface area contributed by atoms with Gasteiger partial charge in [-0.2, -0.15) is 23.8 Å². The van der Waals surface area contributed by atoms with Gasteiger partial charge >= 0.3 is 0 Å². The van der Waals surface area contributed by atoms with E-state index in [0.717, 1.165) is 12.1 Å². The van der Waals surface area contributed by atoms with Crippen molar-refractivity contribution in [3.8, 4) is 5.75 Å². The van der Waals surface area contributed by atoms with Crippen LogP contribution in [0.25, 0.3) is 5.70 Å². The fraction of sp³-hybridized carbons (Fsp3) is 0.200. The Morgan fingerprint density at radius 3 is 2.38 bits per heavy atom. The summed E-state index contributed by atoms with van der Waals surface area (Å²) >= 11 is 5.96. The van der Waals surface area contributed by atoms with Gasteiger partial charge < -0.3 is 9.64 Å². The third kappa shape index (κ3) is 3.55. The Bertz CT molecular complexity index is 605. The van der Waals surface area contributed by atoms with Gasteiger partial charge in [0, 0.05) is 51.4 Å². The molecule has 0 aliphatic carbocycles. The first-order valence-electron chi connectivity index (χ1n) is 5.99. The largest absolute Gasteiger partial charge is 0.497 e. The minimum absolute atomic E-state index is 0. The monoisotopic (exact) mass is 385 g/mol. The molecule has 0 amide bonds. The standard InChI is InChI=1S/C15H13ClF2NO.Y/c1-4-19-9(2)11(16)5-6-14(19)15-12(17)7-10(20-3)8-13(15)18;/h5,7-8H,2,4H2,1,3H3;/q-1;. The number of halogens is 3. The van der Waals surface area contributed by atoms with E-state index in [2.05, 4.69) is 12.7 Å². The van der Waals surface area contributed by atoms with E-state index in [1.165, 1.54) is 13.2 Å². The fourth-order valence-electron chi connectivity index (χ4n) is 2.01. The summed E-state index contributed by atoms with van der Waals surface area (Å²) in [4.78, 5) is 1.61. The molecular formula is C15H13ClF2NOY-. The van der Waals surface area contributed by atoms with Gasteiger partial charge in [0.2, 0.25) is 0 Å². The van der Waals surface area contributed by atoms with Crippen molar-refractivity contribution in [2.24, 2.45) is 0 Å². The summed E-state index contributed by atoms with van der Waals surface area (Å²) in [6, 6.07) is 2.26. The van der Waals surface area contributed by atoms with Crippen molar-refractivity contribution < 1.29 is 46.2 Å². The topological polar surface area (TPSA) is 12.5 Å². The molecule has 109 valence electrons. The van der Waals surface area contributed by atoms with Crippen LogP contribution < -0.4 is 4.74 Å². The molecule has 0 N–H and O–H groups in total. The summed E-state index contributed by atoms with van der Waals surface area (Å²) in [6.45, 7) is 6.11. The number of ether oxygens (including phenoxy) is 1. The van der Waals surface area contributed by atoms with Crippen molar-refractivity contribution in [1.29, 1.82) is 0 Å². The zero-order chi connectivity index (χ0) is 14.9. The molecule has 1 aliphatic rings. The van der Waals surface area contributed by atoms with Crippen molar-refractivity contribution >= 4 is 17.3 Å². The van der Waals surface area contributed by atoms with Crippen LogP contribution in [0.3, 0.4) is 0 Å². The number of benzene rings is 1. The van der Waals surface area contributed by atoms with Crippen molar-refractivity contribution in [3.05, 3.63) is 58.8 Å². The second-order valence-electron chi connectivity index (χ2n) is 4.14. The molecule has 0 saturated carbocycles. The molecule has 0 aromatic heterocycles. The van der Waals surface area contributed by atoms with E-state index >= 15 is 0 Å². The molecular weight excluding hydrogens is 373 g/mol. The zero-order valence-electron chi connectivity index (χ0n) is 11.7. The van der Waals surface area contributed by atoms with Gasteiger partial charge in [-0.15, -0.1) is 0 Å². The fourth-order valence-corrected chi connectivity index (χ4v) is 2.16. The first-order chi connectivity index (χ1) is 9.49. The smallest absolute Gasteiger partial charge is 0.122 e. The normalized spacial score (nSPS) is 14.3. The first kappa shape index (κ1) is 18.3. The van der Waals surface area contributed by atoms with E-state index in [-0.39, 0.29) is 49.7 Å². The molecule has 1 heterocycles. The number of hydrogen-bond acceptors (Lipinski definition) is 2. The van der Waals surface area contributed by atoms with Crippen LogP contribution in [0.4, 0.5) is 8.78 Å². The quantitative estimate of drug-likeness (QED) is 0.727. The van der Waals surface area contributed by atoms with E-state index in [0.29, 0.717) is 17.3 Å². The van der Waals surface area contributed by atoms with Gasteiger partial charge in [-0.25, -0.2) is 8.78 Å². The van der Waals surface area contributed by atoms with E-state index in [1.54, 1.807) is 4.90 Å². The predicted molar refractivity (Wildman–Crippen MR) is 75.0 cm³/mol. The molecule has 1 radical (unpaired) electrons. The van der Waals surface area contributed by atoms with E-state index < -0.39 is 11.6 Å². The average molecular weight is 386 g/mol. The number of rotatable bonds is 3. The first-order valence-corrected chi connectivity index (χ1v) is 6.36. The summed E-state index contributed by atoms with van der Waals surface area (Å²) in [7, 11) is 1.35. The maximum atomic E-state index is 14.1. The number of likely N-dealkylation sites (N-methyl/N-ethyl adjacent to an activating group) is 1. The van der Waals surface area contributed by atoms with Gasteiger partial charge in [0.05, 0.1) is 18.7 Å². The molecule has 0 saturated heterocycles. The Kier molecular flexibility index (Phi) is 6.57. The summed E-state index contributed by atoms with van der Waals surface area (Å²) in [5.74, 6) is -1.32. The molecule has 0 spiro atoms. The molecule has 2 rings (SSSR count). The molecule has 0 bridgehead atoms. The Morgan fingerprint density at radius 2 is 1.90 bits per heavy atom. The van der Waals surface area contributed by atoms with Gasteiger partial charge in [-0.3, -0.25) is 0 Å². The molecule has 1 aliphatic heterocycles. The molecule has 1 aromatic carbocycles. The molecule has 6 heteroatoms. The molecule has 21 heavy (non-hydrogen) atoms. The van der Waals surface area contributed by atoms with Crippen molar-refractivity contribution in [2.75, 3.05) is 13.7 Å². The summed E-state index contributed by atoms with van der Waals surface area (Å²) in [5, 5.41) is 0.393. The number of methoxy groups -OCH3 is 1. The third-order valence-electron chi connectivity index (χ3n) is 3.01. The Morgan fingerprint density at radius 1 is 1.33 bits per heavy atom. The van der Waals surface area contributed by atoms with Crippen LogP contribution in [-0.4, -0.2) is 18.6 Å². The molecule has 2 nitrogen and oxygen atoms in total. The number of hydrogen-bond donors (Lipinski definition) is 0. The maximum Gasteiger partial charge on any atom is 0.122 e. The second-order valence-corrected chi connectivity index (χ2v) is 4.55. The minimum atomic E-state index is -0.720. The van der Waals surface area contributed by atoms with E-state index in [4.69, 9.17) is 16.3 Å². The number of allylic oxidation sites excluding steroid dienone is 3. The van der Waals surface area contributed by atoms with Crippen LogP contribution in [0.15, 0.2) is 35.5 Å². The number of nitrogens with zero attached hydrogens (tertiary/aromatic N) is 1. The Labute approximate surface area is 153 Å². The summed E-state index contributed by atoms with van der Waals surface area (Å²) in [6.07, 6.45) is 4.26. The van der Waals surface area contributed by atoms with E-state index in [1.807, 2.05) is 6.92 Å². The van der Waals surface area contributed by atoms with Crippen LogP contribution >= 0.6 is 11.6 Å². The van der Waals surface area contributed by atoms with Crippen LogP contribution in [0.1, 0.15) is 12.5 Å². The van der Waals surface area contributed by atoms with Gasteiger partial charge in [0.1, 0.15) is 5.75 Å². The Hall–Kier alpha value is -0.706. The Balaban J connectivity index is 0.00000220. The average Bonchev–Trinajstić information content (AvgIpc) is 2.42. The SMILES string of the molecule is C=C1C(Cl)=C[C-]=C(c2c(F)cc(OC)cc2F)N1CC.[Y]. The third-order valence-corrected chi connectivity index (χ3v) is 3.34.